The molecule has 0 saturated heterocycles. The number of hydrogen-bond acceptors (Lipinski definition) is 4. The Labute approximate surface area is 143 Å². The first-order chi connectivity index (χ1) is 12.1. The number of phenolic OH excluding ortho intramolecular Hbond substituents is 1. The molecule has 0 unspecified atom stereocenters. The molecule has 0 saturated carbocycles. The molecule has 3 rings (SSSR count). The van der Waals surface area contributed by atoms with Gasteiger partial charge < -0.3 is 15.2 Å². The molecule has 6 heteroatoms. The fourth-order valence-corrected chi connectivity index (χ4v) is 2.15. The van der Waals surface area contributed by atoms with Crippen molar-refractivity contribution in [3.8, 4) is 17.4 Å². The van der Waals surface area contributed by atoms with Crippen molar-refractivity contribution in [3.05, 3.63) is 83.8 Å². The first kappa shape index (κ1) is 16.4. The largest absolute Gasteiger partial charge is 0.508 e. The van der Waals surface area contributed by atoms with Gasteiger partial charge in [0.1, 0.15) is 22.9 Å². The molecule has 0 aliphatic carbocycles. The number of amides is 1. The van der Waals surface area contributed by atoms with E-state index in [0.29, 0.717) is 12.3 Å². The van der Waals surface area contributed by atoms with Gasteiger partial charge in [-0.3, -0.25) is 4.79 Å². The normalized spacial score (nSPS) is 10.3. The van der Waals surface area contributed by atoms with Crippen LogP contribution in [0, 0.1) is 5.82 Å². The van der Waals surface area contributed by atoms with Crippen LogP contribution in [0.25, 0.3) is 0 Å². The van der Waals surface area contributed by atoms with Crippen LogP contribution in [0.5, 0.6) is 17.4 Å². The SMILES string of the molecule is O=C(NCc1ccc(O)cc1)c1cccnc1Oc1ccc(F)cc1. The molecular formula is C19H15FN2O3. The Morgan fingerprint density at radius 1 is 1.08 bits per heavy atom. The molecule has 25 heavy (non-hydrogen) atoms. The van der Waals surface area contributed by atoms with Gasteiger partial charge in [-0.05, 0) is 54.1 Å². The van der Waals surface area contributed by atoms with Crippen molar-refractivity contribution in [2.45, 2.75) is 6.54 Å². The summed E-state index contributed by atoms with van der Waals surface area (Å²) in [6.07, 6.45) is 1.51. The van der Waals surface area contributed by atoms with E-state index >= 15 is 0 Å². The van der Waals surface area contributed by atoms with Crippen LogP contribution in [0.3, 0.4) is 0 Å². The van der Waals surface area contributed by atoms with Gasteiger partial charge in [0.15, 0.2) is 0 Å². The van der Waals surface area contributed by atoms with Crippen molar-refractivity contribution in [2.75, 3.05) is 0 Å². The highest BCUT2D eigenvalue weighted by atomic mass is 19.1. The molecule has 1 aromatic heterocycles. The van der Waals surface area contributed by atoms with E-state index in [-0.39, 0.29) is 28.9 Å². The Hall–Kier alpha value is -3.41. The van der Waals surface area contributed by atoms with Gasteiger partial charge in [-0.25, -0.2) is 9.37 Å². The number of phenols is 1. The highest BCUT2D eigenvalue weighted by Crippen LogP contribution is 2.23. The predicted molar refractivity (Wildman–Crippen MR) is 90.0 cm³/mol. The molecule has 2 N–H and O–H groups in total. The zero-order chi connectivity index (χ0) is 17.6. The van der Waals surface area contributed by atoms with E-state index in [1.807, 2.05) is 0 Å². The van der Waals surface area contributed by atoms with Crippen molar-refractivity contribution < 1.29 is 19.0 Å². The number of rotatable bonds is 5. The summed E-state index contributed by atoms with van der Waals surface area (Å²) in [7, 11) is 0. The number of carbonyl (C=O) groups excluding carboxylic acids is 1. The Morgan fingerprint density at radius 2 is 1.80 bits per heavy atom. The average molecular weight is 338 g/mol. The molecule has 0 aliphatic rings. The predicted octanol–water partition coefficient (Wildman–Crippen LogP) is 3.65. The summed E-state index contributed by atoms with van der Waals surface area (Å²) in [5.41, 5.74) is 1.11. The molecule has 126 valence electrons. The van der Waals surface area contributed by atoms with Crippen LogP contribution >= 0.6 is 0 Å². The minimum Gasteiger partial charge on any atom is -0.508 e. The van der Waals surface area contributed by atoms with Crippen LogP contribution in [-0.2, 0) is 6.54 Å². The smallest absolute Gasteiger partial charge is 0.257 e. The lowest BCUT2D eigenvalue weighted by molar-refractivity contribution is 0.0948. The molecule has 1 amide bonds. The van der Waals surface area contributed by atoms with Crippen molar-refractivity contribution in [1.82, 2.24) is 10.3 Å². The second kappa shape index (κ2) is 7.44. The van der Waals surface area contributed by atoms with Gasteiger partial charge in [-0.2, -0.15) is 0 Å². The Balaban J connectivity index is 1.71. The van der Waals surface area contributed by atoms with Crippen LogP contribution in [0.4, 0.5) is 4.39 Å². The molecule has 5 nitrogen and oxygen atoms in total. The first-order valence-corrected chi connectivity index (χ1v) is 7.56. The summed E-state index contributed by atoms with van der Waals surface area (Å²) < 4.78 is 18.6. The number of aromatic hydroxyl groups is 1. The third-order valence-electron chi connectivity index (χ3n) is 3.43. The van der Waals surface area contributed by atoms with E-state index in [4.69, 9.17) is 4.74 Å². The summed E-state index contributed by atoms with van der Waals surface area (Å²) in [6.45, 7) is 0.296. The fourth-order valence-electron chi connectivity index (χ4n) is 2.15. The van der Waals surface area contributed by atoms with E-state index in [1.165, 1.54) is 30.5 Å². The summed E-state index contributed by atoms with van der Waals surface area (Å²) in [5.74, 6) is -0.0409. The van der Waals surface area contributed by atoms with Crippen LogP contribution < -0.4 is 10.1 Å². The number of ether oxygens (including phenoxy) is 1. The molecule has 2 aromatic carbocycles. The standard InChI is InChI=1S/C19H15FN2O3/c20-14-5-9-16(10-6-14)25-19-17(2-1-11-21-19)18(24)22-12-13-3-7-15(23)8-4-13/h1-11,23H,12H2,(H,22,24). The molecule has 0 radical (unpaired) electrons. The van der Waals surface area contributed by atoms with E-state index < -0.39 is 0 Å². The van der Waals surface area contributed by atoms with E-state index in [0.717, 1.165) is 5.56 Å². The third-order valence-corrected chi connectivity index (χ3v) is 3.43. The summed E-state index contributed by atoms with van der Waals surface area (Å²) in [5, 5.41) is 12.0. The van der Waals surface area contributed by atoms with Crippen LogP contribution in [0.2, 0.25) is 0 Å². The fraction of sp³-hybridized carbons (Fsp3) is 0.0526. The van der Waals surface area contributed by atoms with Crippen molar-refractivity contribution in [1.29, 1.82) is 0 Å². The molecule has 1 heterocycles. The Kier molecular flexibility index (Phi) is 4.89. The molecule has 3 aromatic rings. The van der Waals surface area contributed by atoms with Crippen LogP contribution in [-0.4, -0.2) is 16.0 Å². The first-order valence-electron chi connectivity index (χ1n) is 7.56. The summed E-state index contributed by atoms with van der Waals surface area (Å²) in [6, 6.07) is 15.2. The van der Waals surface area contributed by atoms with Crippen molar-refractivity contribution in [2.24, 2.45) is 0 Å². The number of carbonyl (C=O) groups is 1. The monoisotopic (exact) mass is 338 g/mol. The third kappa shape index (κ3) is 4.32. The quantitative estimate of drug-likeness (QED) is 0.745. The van der Waals surface area contributed by atoms with Gasteiger partial charge in [-0.1, -0.05) is 12.1 Å². The number of benzene rings is 2. The van der Waals surface area contributed by atoms with E-state index in [9.17, 15) is 14.3 Å². The zero-order valence-electron chi connectivity index (χ0n) is 13.1. The van der Waals surface area contributed by atoms with Crippen LogP contribution in [0.15, 0.2) is 66.9 Å². The minimum atomic E-state index is -0.375. The van der Waals surface area contributed by atoms with Gasteiger partial charge in [0.25, 0.3) is 5.91 Å². The van der Waals surface area contributed by atoms with Gasteiger partial charge >= 0.3 is 0 Å². The molecule has 0 fully saturated rings. The molecular weight excluding hydrogens is 323 g/mol. The topological polar surface area (TPSA) is 71.5 Å². The molecule has 0 atom stereocenters. The maximum absolute atomic E-state index is 13.0. The average Bonchev–Trinajstić information content (AvgIpc) is 2.63. The molecule has 0 spiro atoms. The lowest BCUT2D eigenvalue weighted by Gasteiger charge is -2.10. The van der Waals surface area contributed by atoms with Crippen LogP contribution in [0.1, 0.15) is 15.9 Å². The lowest BCUT2D eigenvalue weighted by Crippen LogP contribution is -2.23. The molecule has 0 bridgehead atoms. The van der Waals surface area contributed by atoms with Crippen molar-refractivity contribution in [3.63, 3.8) is 0 Å². The van der Waals surface area contributed by atoms with E-state index in [2.05, 4.69) is 10.3 Å². The number of nitrogens with one attached hydrogen (secondary N) is 1. The van der Waals surface area contributed by atoms with Gasteiger partial charge in [0, 0.05) is 12.7 Å². The Morgan fingerprint density at radius 3 is 2.52 bits per heavy atom. The van der Waals surface area contributed by atoms with Gasteiger partial charge in [-0.15, -0.1) is 0 Å². The zero-order valence-corrected chi connectivity index (χ0v) is 13.1. The molecule has 0 aliphatic heterocycles. The van der Waals surface area contributed by atoms with Gasteiger partial charge in [0.2, 0.25) is 5.88 Å². The summed E-state index contributed by atoms with van der Waals surface area (Å²) in [4.78, 5) is 16.5. The highest BCUT2D eigenvalue weighted by molar-refractivity contribution is 5.96. The number of halogens is 1. The number of pyridine rings is 1. The Bertz CT molecular complexity index is 865. The van der Waals surface area contributed by atoms with E-state index in [1.54, 1.807) is 36.4 Å². The second-order valence-corrected chi connectivity index (χ2v) is 5.26. The highest BCUT2D eigenvalue weighted by Gasteiger charge is 2.14. The summed E-state index contributed by atoms with van der Waals surface area (Å²) >= 11 is 0. The number of aromatic nitrogens is 1. The maximum atomic E-state index is 13.0. The maximum Gasteiger partial charge on any atom is 0.257 e. The van der Waals surface area contributed by atoms with Crippen molar-refractivity contribution >= 4 is 5.91 Å². The number of hydrogen-bond donors (Lipinski definition) is 2. The second-order valence-electron chi connectivity index (χ2n) is 5.26. The number of nitrogens with zero attached hydrogens (tertiary/aromatic N) is 1. The minimum absolute atomic E-state index is 0.136. The lowest BCUT2D eigenvalue weighted by atomic mass is 10.2. The van der Waals surface area contributed by atoms with Gasteiger partial charge in [0.05, 0.1) is 0 Å².